The summed E-state index contributed by atoms with van der Waals surface area (Å²) in [4.78, 5) is 5.74. The SMILES string of the molecule is Cl.FC(F)(F)Oc1ccc(Nc2nc(-c3ccccc3)c(-c3ccccc3)s2)cc1. The van der Waals surface area contributed by atoms with Gasteiger partial charge in [-0.15, -0.1) is 25.6 Å². The number of benzene rings is 3. The highest BCUT2D eigenvalue weighted by Gasteiger charge is 2.31. The van der Waals surface area contributed by atoms with Crippen LogP contribution in [-0.4, -0.2) is 11.3 Å². The summed E-state index contributed by atoms with van der Waals surface area (Å²) < 4.78 is 40.8. The molecule has 0 fully saturated rings. The van der Waals surface area contributed by atoms with Crippen molar-refractivity contribution in [1.82, 2.24) is 4.98 Å². The molecule has 1 N–H and O–H groups in total. The number of hydrogen-bond acceptors (Lipinski definition) is 4. The maximum absolute atomic E-state index is 12.3. The maximum atomic E-state index is 12.3. The number of aromatic nitrogens is 1. The fourth-order valence-corrected chi connectivity index (χ4v) is 3.83. The molecule has 0 aliphatic rings. The number of thiazole rings is 1. The van der Waals surface area contributed by atoms with Crippen LogP contribution in [0.15, 0.2) is 84.9 Å². The van der Waals surface area contributed by atoms with E-state index in [9.17, 15) is 13.2 Å². The first kappa shape index (κ1) is 21.7. The number of rotatable bonds is 5. The average molecular weight is 449 g/mol. The Morgan fingerprint density at radius 3 is 1.90 bits per heavy atom. The van der Waals surface area contributed by atoms with E-state index >= 15 is 0 Å². The number of ether oxygens (including phenoxy) is 1. The van der Waals surface area contributed by atoms with E-state index in [0.29, 0.717) is 10.8 Å². The Balaban J connectivity index is 0.00000256. The minimum atomic E-state index is -4.71. The zero-order valence-corrected chi connectivity index (χ0v) is 17.0. The molecule has 0 amide bonds. The molecule has 4 aromatic rings. The Bertz CT molecular complexity index is 1030. The molecule has 8 heteroatoms. The van der Waals surface area contributed by atoms with Crippen molar-refractivity contribution in [2.24, 2.45) is 0 Å². The zero-order chi connectivity index (χ0) is 20.3. The number of hydrogen-bond donors (Lipinski definition) is 1. The van der Waals surface area contributed by atoms with Gasteiger partial charge in [0.05, 0.1) is 10.6 Å². The molecule has 0 saturated carbocycles. The topological polar surface area (TPSA) is 34.1 Å². The summed E-state index contributed by atoms with van der Waals surface area (Å²) in [6, 6.07) is 25.3. The van der Waals surface area contributed by atoms with Gasteiger partial charge in [0.2, 0.25) is 0 Å². The van der Waals surface area contributed by atoms with E-state index in [4.69, 9.17) is 4.98 Å². The molecule has 0 aliphatic carbocycles. The smallest absolute Gasteiger partial charge is 0.406 e. The molecule has 154 valence electrons. The number of nitrogens with one attached hydrogen (secondary N) is 1. The van der Waals surface area contributed by atoms with Crippen LogP contribution < -0.4 is 10.1 Å². The third-order valence-electron chi connectivity index (χ3n) is 4.05. The zero-order valence-electron chi connectivity index (χ0n) is 15.4. The summed E-state index contributed by atoms with van der Waals surface area (Å²) in [6.07, 6.45) is -4.71. The van der Waals surface area contributed by atoms with Gasteiger partial charge in [0.1, 0.15) is 5.75 Å². The van der Waals surface area contributed by atoms with E-state index < -0.39 is 6.36 Å². The number of alkyl halides is 3. The van der Waals surface area contributed by atoms with E-state index in [1.54, 1.807) is 0 Å². The molecule has 3 nitrogen and oxygen atoms in total. The maximum Gasteiger partial charge on any atom is 0.573 e. The van der Waals surface area contributed by atoms with Gasteiger partial charge in [0, 0.05) is 11.3 Å². The predicted octanol–water partition coefficient (Wildman–Crippen LogP) is 7.54. The van der Waals surface area contributed by atoms with Crippen molar-refractivity contribution in [3.63, 3.8) is 0 Å². The lowest BCUT2D eigenvalue weighted by Gasteiger charge is -2.09. The molecule has 0 aliphatic heterocycles. The molecule has 3 aromatic carbocycles. The molecule has 0 spiro atoms. The minimum absolute atomic E-state index is 0. The lowest BCUT2D eigenvalue weighted by atomic mass is 10.1. The average Bonchev–Trinajstić information content (AvgIpc) is 3.14. The lowest BCUT2D eigenvalue weighted by molar-refractivity contribution is -0.274. The molecular weight excluding hydrogens is 433 g/mol. The largest absolute Gasteiger partial charge is 0.573 e. The monoisotopic (exact) mass is 448 g/mol. The molecule has 0 bridgehead atoms. The van der Waals surface area contributed by atoms with Gasteiger partial charge >= 0.3 is 6.36 Å². The highest BCUT2D eigenvalue weighted by molar-refractivity contribution is 7.19. The second kappa shape index (κ2) is 9.19. The molecule has 0 atom stereocenters. The highest BCUT2D eigenvalue weighted by Crippen LogP contribution is 2.40. The minimum Gasteiger partial charge on any atom is -0.406 e. The van der Waals surface area contributed by atoms with Crippen molar-refractivity contribution in [2.45, 2.75) is 6.36 Å². The van der Waals surface area contributed by atoms with Crippen LogP contribution in [0.2, 0.25) is 0 Å². The van der Waals surface area contributed by atoms with Crippen molar-refractivity contribution >= 4 is 34.6 Å². The summed E-state index contributed by atoms with van der Waals surface area (Å²) in [6.45, 7) is 0. The second-order valence-corrected chi connectivity index (χ2v) is 7.13. The molecular formula is C22H16ClF3N2OS. The number of anilines is 2. The third-order valence-corrected chi connectivity index (χ3v) is 5.07. The number of nitrogens with zero attached hydrogens (tertiary/aromatic N) is 1. The molecule has 30 heavy (non-hydrogen) atoms. The van der Waals surface area contributed by atoms with Gasteiger partial charge < -0.3 is 10.1 Å². The van der Waals surface area contributed by atoms with Crippen molar-refractivity contribution in [3.05, 3.63) is 84.9 Å². The standard InChI is InChI=1S/C22H15F3N2OS.ClH/c23-22(24,25)28-18-13-11-17(12-14-18)26-21-27-19(15-7-3-1-4-8-15)20(29-21)16-9-5-2-6-10-16;/h1-14H,(H,26,27);1H. The van der Waals surface area contributed by atoms with E-state index in [1.165, 1.54) is 35.6 Å². The second-order valence-electron chi connectivity index (χ2n) is 6.13. The van der Waals surface area contributed by atoms with Crippen LogP contribution in [0.4, 0.5) is 24.0 Å². The normalized spacial score (nSPS) is 10.9. The Labute approximate surface area is 181 Å². The summed E-state index contributed by atoms with van der Waals surface area (Å²) in [7, 11) is 0. The van der Waals surface area contributed by atoms with E-state index in [2.05, 4.69) is 10.1 Å². The van der Waals surface area contributed by atoms with Gasteiger partial charge in [0.25, 0.3) is 0 Å². The van der Waals surface area contributed by atoms with Crippen LogP contribution in [0, 0.1) is 0 Å². The van der Waals surface area contributed by atoms with Crippen molar-refractivity contribution in [2.75, 3.05) is 5.32 Å². The summed E-state index contributed by atoms with van der Waals surface area (Å²) in [5.74, 6) is -0.267. The first-order chi connectivity index (χ1) is 14.0. The first-order valence-electron chi connectivity index (χ1n) is 8.72. The highest BCUT2D eigenvalue weighted by atomic mass is 35.5. The van der Waals surface area contributed by atoms with Gasteiger partial charge in [-0.2, -0.15) is 0 Å². The van der Waals surface area contributed by atoms with Gasteiger partial charge in [-0.05, 0) is 29.8 Å². The van der Waals surface area contributed by atoms with Crippen molar-refractivity contribution in [1.29, 1.82) is 0 Å². The van der Waals surface area contributed by atoms with Crippen LogP contribution >= 0.6 is 23.7 Å². The fraction of sp³-hybridized carbons (Fsp3) is 0.0455. The Hall–Kier alpha value is -3.03. The van der Waals surface area contributed by atoms with Crippen LogP contribution in [0.3, 0.4) is 0 Å². The Kier molecular flexibility index (Phi) is 6.64. The van der Waals surface area contributed by atoms with Gasteiger partial charge in [0.15, 0.2) is 5.13 Å². The van der Waals surface area contributed by atoms with E-state index in [0.717, 1.165) is 21.7 Å². The summed E-state index contributed by atoms with van der Waals surface area (Å²) >= 11 is 1.48. The molecule has 0 saturated heterocycles. The van der Waals surface area contributed by atoms with Gasteiger partial charge in [-0.3, -0.25) is 0 Å². The molecule has 1 aromatic heterocycles. The van der Waals surface area contributed by atoms with Crippen LogP contribution in [0.5, 0.6) is 5.75 Å². The summed E-state index contributed by atoms with van der Waals surface area (Å²) in [5.41, 5.74) is 3.50. The van der Waals surface area contributed by atoms with Gasteiger partial charge in [-0.25, -0.2) is 4.98 Å². The first-order valence-corrected chi connectivity index (χ1v) is 9.54. The fourth-order valence-electron chi connectivity index (χ4n) is 2.81. The van der Waals surface area contributed by atoms with Crippen molar-refractivity contribution in [3.8, 4) is 27.4 Å². The van der Waals surface area contributed by atoms with Crippen LogP contribution in [0.25, 0.3) is 21.7 Å². The Morgan fingerprint density at radius 1 is 0.767 bits per heavy atom. The predicted molar refractivity (Wildman–Crippen MR) is 117 cm³/mol. The number of halogens is 4. The molecule has 1 heterocycles. The lowest BCUT2D eigenvalue weighted by Crippen LogP contribution is -2.16. The quantitative estimate of drug-likeness (QED) is 0.342. The third kappa shape index (κ3) is 5.31. The van der Waals surface area contributed by atoms with Crippen LogP contribution in [0.1, 0.15) is 0 Å². The molecule has 0 unspecified atom stereocenters. The van der Waals surface area contributed by atoms with Crippen LogP contribution in [-0.2, 0) is 0 Å². The molecule has 0 radical (unpaired) electrons. The molecule has 4 rings (SSSR count). The Morgan fingerprint density at radius 2 is 1.33 bits per heavy atom. The van der Waals surface area contributed by atoms with E-state index in [1.807, 2.05) is 60.7 Å². The van der Waals surface area contributed by atoms with E-state index in [-0.39, 0.29) is 18.2 Å². The van der Waals surface area contributed by atoms with Crippen molar-refractivity contribution < 1.29 is 17.9 Å². The van der Waals surface area contributed by atoms with Gasteiger partial charge in [-0.1, -0.05) is 72.0 Å². The summed E-state index contributed by atoms with van der Waals surface area (Å²) in [5, 5.41) is 3.81.